The third kappa shape index (κ3) is 2.68. The topological polar surface area (TPSA) is 53.0 Å². The predicted octanol–water partition coefficient (Wildman–Crippen LogP) is 2.13. The van der Waals surface area contributed by atoms with E-state index in [-0.39, 0.29) is 5.25 Å². The fourth-order valence-corrected chi connectivity index (χ4v) is 2.68. The van der Waals surface area contributed by atoms with E-state index in [9.17, 15) is 4.21 Å². The van der Waals surface area contributed by atoms with E-state index in [1.54, 1.807) is 0 Å². The van der Waals surface area contributed by atoms with E-state index in [1.807, 2.05) is 13.8 Å². The minimum absolute atomic E-state index is 0.101. The summed E-state index contributed by atoms with van der Waals surface area (Å²) in [7, 11) is -2.56. The molecule has 1 aliphatic carbocycles. The van der Waals surface area contributed by atoms with Gasteiger partial charge in [0.2, 0.25) is 0 Å². The summed E-state index contributed by atoms with van der Waals surface area (Å²) in [6.07, 6.45) is 2.07. The molecule has 0 bridgehead atoms. The molecule has 0 amide bonds. The Kier molecular flexibility index (Phi) is 2.74. The zero-order chi connectivity index (χ0) is 10.3. The SMILES string of the molecule is CC(C)S(=N)(=O)NC1CC(C)(C)C1. The molecule has 0 aliphatic heterocycles. The van der Waals surface area contributed by atoms with Gasteiger partial charge in [0.15, 0.2) is 0 Å². The summed E-state index contributed by atoms with van der Waals surface area (Å²) < 4.78 is 22.2. The zero-order valence-corrected chi connectivity index (χ0v) is 9.70. The van der Waals surface area contributed by atoms with E-state index in [0.29, 0.717) is 11.5 Å². The Balaban J connectivity index is 2.45. The molecule has 0 spiro atoms. The van der Waals surface area contributed by atoms with Crippen molar-refractivity contribution in [2.24, 2.45) is 5.41 Å². The van der Waals surface area contributed by atoms with Gasteiger partial charge in [-0.05, 0) is 32.1 Å². The van der Waals surface area contributed by atoms with Crippen molar-refractivity contribution < 1.29 is 4.21 Å². The maximum atomic E-state index is 11.7. The lowest BCUT2D eigenvalue weighted by Crippen LogP contribution is -2.49. The highest BCUT2D eigenvalue weighted by atomic mass is 32.2. The molecule has 1 rings (SSSR count). The van der Waals surface area contributed by atoms with Crippen molar-refractivity contribution in [3.8, 4) is 0 Å². The van der Waals surface area contributed by atoms with Crippen LogP contribution in [0.5, 0.6) is 0 Å². The van der Waals surface area contributed by atoms with Crippen LogP contribution in [0, 0.1) is 10.2 Å². The Hall–Kier alpha value is -0.0900. The minimum Gasteiger partial charge on any atom is -0.240 e. The third-order valence-electron chi connectivity index (χ3n) is 2.60. The predicted molar refractivity (Wildman–Crippen MR) is 55.9 cm³/mol. The van der Waals surface area contributed by atoms with Gasteiger partial charge in [0.1, 0.15) is 9.92 Å². The van der Waals surface area contributed by atoms with Gasteiger partial charge in [-0.2, -0.15) is 0 Å². The van der Waals surface area contributed by atoms with Crippen LogP contribution in [0.25, 0.3) is 0 Å². The van der Waals surface area contributed by atoms with Gasteiger partial charge < -0.3 is 0 Å². The van der Waals surface area contributed by atoms with E-state index in [1.165, 1.54) is 0 Å². The molecule has 0 heterocycles. The molecule has 0 aromatic carbocycles. The molecule has 1 saturated carbocycles. The van der Waals surface area contributed by atoms with E-state index >= 15 is 0 Å². The lowest BCUT2D eigenvalue weighted by molar-refractivity contribution is 0.144. The van der Waals surface area contributed by atoms with Crippen LogP contribution in [-0.2, 0) is 9.92 Å². The molecule has 3 nitrogen and oxygen atoms in total. The van der Waals surface area contributed by atoms with Gasteiger partial charge in [-0.1, -0.05) is 13.8 Å². The van der Waals surface area contributed by atoms with Crippen LogP contribution in [0.15, 0.2) is 0 Å². The fraction of sp³-hybridized carbons (Fsp3) is 1.00. The van der Waals surface area contributed by atoms with Gasteiger partial charge in [-0.15, -0.1) is 0 Å². The Labute approximate surface area is 81.4 Å². The molecular formula is C9H20N2OS. The van der Waals surface area contributed by atoms with Gasteiger partial charge in [-0.25, -0.2) is 13.7 Å². The standard InChI is InChI=1S/C9H20N2OS/c1-7(2)13(10,12)11-8-5-9(3,4)6-8/h7-8H,5-6H2,1-4H3,(H2,10,11,12). The lowest BCUT2D eigenvalue weighted by atomic mass is 9.69. The molecular weight excluding hydrogens is 184 g/mol. The fourth-order valence-electron chi connectivity index (χ4n) is 1.74. The molecule has 0 saturated heterocycles. The Morgan fingerprint density at radius 3 is 2.23 bits per heavy atom. The van der Waals surface area contributed by atoms with Crippen molar-refractivity contribution in [3.63, 3.8) is 0 Å². The van der Waals surface area contributed by atoms with Crippen LogP contribution in [0.3, 0.4) is 0 Å². The van der Waals surface area contributed by atoms with Gasteiger partial charge in [0, 0.05) is 6.04 Å². The van der Waals surface area contributed by atoms with Crippen LogP contribution >= 0.6 is 0 Å². The molecule has 0 radical (unpaired) electrons. The molecule has 1 unspecified atom stereocenters. The van der Waals surface area contributed by atoms with E-state index in [0.717, 1.165) is 12.8 Å². The molecule has 0 aromatic heterocycles. The highest BCUT2D eigenvalue weighted by Crippen LogP contribution is 2.40. The first-order valence-electron chi connectivity index (χ1n) is 4.78. The van der Waals surface area contributed by atoms with Crippen molar-refractivity contribution in [2.75, 3.05) is 0 Å². The molecule has 0 aromatic rings. The maximum Gasteiger partial charge on any atom is 0.107 e. The molecule has 1 atom stereocenters. The number of rotatable bonds is 3. The Morgan fingerprint density at radius 1 is 1.46 bits per heavy atom. The second kappa shape index (κ2) is 3.24. The molecule has 4 heteroatoms. The molecule has 1 fully saturated rings. The summed E-state index contributed by atoms with van der Waals surface area (Å²) in [5, 5.41) is -0.101. The normalized spacial score (nSPS) is 26.8. The zero-order valence-electron chi connectivity index (χ0n) is 8.89. The second-order valence-corrected chi connectivity index (χ2v) is 7.42. The first-order chi connectivity index (χ1) is 5.73. The number of hydrogen-bond donors (Lipinski definition) is 2. The molecule has 2 N–H and O–H groups in total. The second-order valence-electron chi connectivity index (χ2n) is 5.04. The summed E-state index contributed by atoms with van der Waals surface area (Å²) >= 11 is 0. The minimum atomic E-state index is -2.56. The smallest absolute Gasteiger partial charge is 0.107 e. The van der Waals surface area contributed by atoms with E-state index in [2.05, 4.69) is 18.6 Å². The molecule has 78 valence electrons. The van der Waals surface area contributed by atoms with Crippen LogP contribution in [0.1, 0.15) is 40.5 Å². The first-order valence-corrected chi connectivity index (χ1v) is 6.40. The summed E-state index contributed by atoms with van der Waals surface area (Å²) in [6, 6.07) is 0.294. The number of nitrogens with one attached hydrogen (secondary N) is 2. The van der Waals surface area contributed by atoms with Crippen LogP contribution in [0.4, 0.5) is 0 Å². The highest BCUT2D eigenvalue weighted by molar-refractivity contribution is 7.91. The molecule has 1 aliphatic rings. The van der Waals surface area contributed by atoms with Crippen molar-refractivity contribution in [3.05, 3.63) is 0 Å². The van der Waals surface area contributed by atoms with Crippen LogP contribution < -0.4 is 4.72 Å². The van der Waals surface area contributed by atoms with E-state index in [4.69, 9.17) is 4.78 Å². The van der Waals surface area contributed by atoms with Crippen molar-refractivity contribution in [1.82, 2.24) is 4.72 Å². The summed E-state index contributed by atoms with van der Waals surface area (Å²) in [6.45, 7) is 8.05. The van der Waals surface area contributed by atoms with Gasteiger partial charge in [0.25, 0.3) is 0 Å². The van der Waals surface area contributed by atoms with Crippen molar-refractivity contribution in [1.29, 1.82) is 4.78 Å². The average molecular weight is 204 g/mol. The van der Waals surface area contributed by atoms with Gasteiger partial charge in [-0.3, -0.25) is 0 Å². The Bertz CT molecular complexity index is 272. The summed E-state index contributed by atoms with van der Waals surface area (Å²) in [5.74, 6) is 0. The Morgan fingerprint density at radius 2 is 1.92 bits per heavy atom. The summed E-state index contributed by atoms with van der Waals surface area (Å²) in [4.78, 5) is 0. The third-order valence-corrected chi connectivity index (χ3v) is 4.61. The van der Waals surface area contributed by atoms with Crippen LogP contribution in [0.2, 0.25) is 0 Å². The highest BCUT2D eigenvalue weighted by Gasteiger charge is 2.37. The van der Waals surface area contributed by atoms with Crippen LogP contribution in [-0.4, -0.2) is 15.5 Å². The largest absolute Gasteiger partial charge is 0.240 e. The quantitative estimate of drug-likeness (QED) is 0.727. The van der Waals surface area contributed by atoms with Gasteiger partial charge in [0.05, 0.1) is 5.25 Å². The van der Waals surface area contributed by atoms with E-state index < -0.39 is 9.92 Å². The first kappa shape index (κ1) is 11.0. The lowest BCUT2D eigenvalue weighted by Gasteiger charge is -2.43. The monoisotopic (exact) mass is 204 g/mol. The number of hydrogen-bond acceptors (Lipinski definition) is 2. The average Bonchev–Trinajstić information content (AvgIpc) is 1.81. The van der Waals surface area contributed by atoms with Crippen molar-refractivity contribution in [2.45, 2.75) is 51.8 Å². The summed E-state index contributed by atoms with van der Waals surface area (Å²) in [5.41, 5.74) is 0.379. The maximum absolute atomic E-state index is 11.7. The van der Waals surface area contributed by atoms with Crippen molar-refractivity contribution >= 4 is 9.92 Å². The van der Waals surface area contributed by atoms with Gasteiger partial charge >= 0.3 is 0 Å². The molecule has 13 heavy (non-hydrogen) atoms.